The molecule has 9 heteroatoms. The predicted molar refractivity (Wildman–Crippen MR) is 53.2 cm³/mol. The Hall–Kier alpha value is -2.32. The van der Waals surface area contributed by atoms with Crippen molar-refractivity contribution in [3.05, 3.63) is 52.6 Å². The molecule has 0 spiro atoms. The Morgan fingerprint density at radius 3 is 1.43 bits per heavy atom. The van der Waals surface area contributed by atoms with E-state index < -0.39 is 63.4 Å². The van der Waals surface area contributed by atoms with Gasteiger partial charge in [0.25, 0.3) is 0 Å². The first kappa shape index (κ1) is 15.1. The fraction of sp³-hybridized carbons (Fsp3) is 0. The Balaban J connectivity index is 2.96. The monoisotopic (exact) mass is 314 g/mol. The van der Waals surface area contributed by atoms with Gasteiger partial charge in [-0.25, -0.2) is 26.3 Å². The molecule has 0 bridgehead atoms. The SMILES string of the molecule is Oc1c(F)c(F)c(-c2c(F)cc(F)c(F)c2F)c(F)c1F. The highest BCUT2D eigenvalue weighted by molar-refractivity contribution is 5.68. The van der Waals surface area contributed by atoms with Crippen molar-refractivity contribution < 1.29 is 40.2 Å². The molecule has 0 saturated heterocycles. The summed E-state index contributed by atoms with van der Waals surface area (Å²) in [7, 11) is 0. The van der Waals surface area contributed by atoms with Crippen molar-refractivity contribution in [1.29, 1.82) is 0 Å². The van der Waals surface area contributed by atoms with Crippen LogP contribution in [0.15, 0.2) is 6.07 Å². The van der Waals surface area contributed by atoms with Crippen LogP contribution >= 0.6 is 0 Å². The first-order valence-electron chi connectivity index (χ1n) is 5.06. The molecule has 0 aromatic heterocycles. The van der Waals surface area contributed by atoms with Gasteiger partial charge in [-0.15, -0.1) is 0 Å². The summed E-state index contributed by atoms with van der Waals surface area (Å²) < 4.78 is 106. The molecule has 2 rings (SSSR count). The first-order chi connectivity index (χ1) is 9.68. The molecule has 2 aromatic carbocycles. The van der Waals surface area contributed by atoms with Gasteiger partial charge in [0.2, 0.25) is 11.6 Å². The van der Waals surface area contributed by atoms with Gasteiger partial charge in [-0.05, 0) is 0 Å². The Labute approximate surface area is 111 Å². The molecular formula is C12H2F8O. The second-order valence-corrected chi connectivity index (χ2v) is 3.82. The lowest BCUT2D eigenvalue weighted by Crippen LogP contribution is -2.05. The lowest BCUT2D eigenvalue weighted by molar-refractivity contribution is 0.357. The van der Waals surface area contributed by atoms with Gasteiger partial charge < -0.3 is 5.11 Å². The molecule has 21 heavy (non-hydrogen) atoms. The summed E-state index contributed by atoms with van der Waals surface area (Å²) in [6.07, 6.45) is 0. The zero-order valence-corrected chi connectivity index (χ0v) is 9.55. The van der Waals surface area contributed by atoms with E-state index in [9.17, 15) is 35.1 Å². The number of phenolic OH excluding ortho intramolecular Hbond substituents is 1. The van der Waals surface area contributed by atoms with Crippen molar-refractivity contribution >= 4 is 0 Å². The van der Waals surface area contributed by atoms with E-state index in [2.05, 4.69) is 0 Å². The normalized spacial score (nSPS) is 11.0. The van der Waals surface area contributed by atoms with Crippen LogP contribution in [0.25, 0.3) is 11.1 Å². The van der Waals surface area contributed by atoms with E-state index in [1.165, 1.54) is 0 Å². The predicted octanol–water partition coefficient (Wildman–Crippen LogP) is 4.17. The van der Waals surface area contributed by atoms with E-state index in [1.54, 1.807) is 0 Å². The van der Waals surface area contributed by atoms with E-state index in [4.69, 9.17) is 5.11 Å². The number of halogens is 8. The minimum absolute atomic E-state index is 0.255. The number of phenols is 1. The lowest BCUT2D eigenvalue weighted by atomic mass is 10.0. The number of hydrogen-bond donors (Lipinski definition) is 1. The van der Waals surface area contributed by atoms with E-state index in [0.717, 1.165) is 0 Å². The van der Waals surface area contributed by atoms with Crippen molar-refractivity contribution in [3.63, 3.8) is 0 Å². The maximum Gasteiger partial charge on any atom is 0.204 e. The van der Waals surface area contributed by atoms with Gasteiger partial charge >= 0.3 is 0 Å². The number of hydrogen-bond acceptors (Lipinski definition) is 1. The second kappa shape index (κ2) is 4.90. The fourth-order valence-corrected chi connectivity index (χ4v) is 1.63. The molecule has 0 heterocycles. The largest absolute Gasteiger partial charge is 0.503 e. The van der Waals surface area contributed by atoms with Crippen LogP contribution in [-0.4, -0.2) is 5.11 Å². The molecular weight excluding hydrogens is 312 g/mol. The zero-order valence-electron chi connectivity index (χ0n) is 9.55. The second-order valence-electron chi connectivity index (χ2n) is 3.82. The van der Waals surface area contributed by atoms with Crippen LogP contribution in [0.2, 0.25) is 0 Å². The third-order valence-electron chi connectivity index (χ3n) is 2.60. The Bertz CT molecular complexity index is 727. The van der Waals surface area contributed by atoms with Gasteiger partial charge in [0.05, 0.1) is 11.1 Å². The van der Waals surface area contributed by atoms with Crippen LogP contribution in [-0.2, 0) is 0 Å². The fourth-order valence-electron chi connectivity index (χ4n) is 1.63. The van der Waals surface area contributed by atoms with Crippen LogP contribution < -0.4 is 0 Å². The van der Waals surface area contributed by atoms with E-state index in [-0.39, 0.29) is 6.07 Å². The molecule has 0 fully saturated rings. The maximum atomic E-state index is 13.5. The van der Waals surface area contributed by atoms with Crippen molar-refractivity contribution in [2.45, 2.75) is 0 Å². The van der Waals surface area contributed by atoms with E-state index in [0.29, 0.717) is 0 Å². The van der Waals surface area contributed by atoms with Crippen molar-refractivity contribution in [1.82, 2.24) is 0 Å². The van der Waals surface area contributed by atoms with E-state index >= 15 is 0 Å². The first-order valence-corrected chi connectivity index (χ1v) is 5.06. The summed E-state index contributed by atoms with van der Waals surface area (Å²) in [5.74, 6) is -20.1. The van der Waals surface area contributed by atoms with Crippen LogP contribution in [0.1, 0.15) is 0 Å². The summed E-state index contributed by atoms with van der Waals surface area (Å²) in [6.45, 7) is 0. The highest BCUT2D eigenvalue weighted by Crippen LogP contribution is 2.38. The maximum absolute atomic E-state index is 13.5. The topological polar surface area (TPSA) is 20.2 Å². The van der Waals surface area contributed by atoms with Crippen LogP contribution in [0.5, 0.6) is 5.75 Å². The smallest absolute Gasteiger partial charge is 0.204 e. The summed E-state index contributed by atoms with van der Waals surface area (Å²) in [5.41, 5.74) is -3.79. The minimum Gasteiger partial charge on any atom is -0.503 e. The summed E-state index contributed by atoms with van der Waals surface area (Å²) in [4.78, 5) is 0. The molecule has 112 valence electrons. The van der Waals surface area contributed by atoms with Crippen LogP contribution in [0.4, 0.5) is 35.1 Å². The Morgan fingerprint density at radius 1 is 0.524 bits per heavy atom. The molecule has 0 aliphatic rings. The summed E-state index contributed by atoms with van der Waals surface area (Å²) in [6, 6.07) is -0.255. The molecule has 0 aliphatic heterocycles. The third kappa shape index (κ3) is 2.08. The molecule has 0 radical (unpaired) electrons. The highest BCUT2D eigenvalue weighted by Gasteiger charge is 2.31. The van der Waals surface area contributed by atoms with E-state index in [1.807, 2.05) is 0 Å². The highest BCUT2D eigenvalue weighted by atomic mass is 19.2. The third-order valence-corrected chi connectivity index (χ3v) is 2.60. The van der Waals surface area contributed by atoms with Gasteiger partial charge in [0.1, 0.15) is 5.82 Å². The van der Waals surface area contributed by atoms with Crippen LogP contribution in [0, 0.1) is 46.5 Å². The van der Waals surface area contributed by atoms with Gasteiger partial charge in [0.15, 0.2) is 34.8 Å². The number of aromatic hydroxyl groups is 1. The van der Waals surface area contributed by atoms with Gasteiger partial charge in [-0.1, -0.05) is 0 Å². The molecule has 0 atom stereocenters. The standard InChI is InChI=1S/C12H2F8O/c13-2-1-3(14)6(15)7(16)4(2)5-8(17)10(19)12(21)11(20)9(5)18/h1,21H. The van der Waals surface area contributed by atoms with Gasteiger partial charge in [0, 0.05) is 6.07 Å². The number of rotatable bonds is 1. The average molecular weight is 314 g/mol. The molecule has 1 N–H and O–H groups in total. The van der Waals surface area contributed by atoms with Gasteiger partial charge in [-0.2, -0.15) is 8.78 Å². The Morgan fingerprint density at radius 2 is 0.952 bits per heavy atom. The average Bonchev–Trinajstić information content (AvgIpc) is 2.44. The van der Waals surface area contributed by atoms with Crippen molar-refractivity contribution in [2.24, 2.45) is 0 Å². The zero-order chi connectivity index (χ0) is 16.1. The Kier molecular flexibility index (Phi) is 3.52. The van der Waals surface area contributed by atoms with Crippen LogP contribution in [0.3, 0.4) is 0 Å². The molecule has 2 aromatic rings. The molecule has 1 nitrogen and oxygen atoms in total. The summed E-state index contributed by atoms with van der Waals surface area (Å²) in [5, 5.41) is 8.73. The molecule has 0 aliphatic carbocycles. The van der Waals surface area contributed by atoms with Crippen molar-refractivity contribution in [2.75, 3.05) is 0 Å². The quantitative estimate of drug-likeness (QED) is 0.476. The van der Waals surface area contributed by atoms with Gasteiger partial charge in [-0.3, -0.25) is 0 Å². The lowest BCUT2D eigenvalue weighted by Gasteiger charge is -2.11. The minimum atomic E-state index is -2.38. The molecule has 0 amide bonds. The molecule has 0 saturated carbocycles. The number of benzene rings is 2. The van der Waals surface area contributed by atoms with Crippen molar-refractivity contribution in [3.8, 4) is 16.9 Å². The molecule has 0 unspecified atom stereocenters. The summed E-state index contributed by atoms with van der Waals surface area (Å²) >= 11 is 0.